The normalized spacial score (nSPS) is 17.3. The molecule has 2 aromatic rings. The van der Waals surface area contributed by atoms with Crippen LogP contribution in [0.4, 0.5) is 13.2 Å². The molecule has 1 saturated heterocycles. The highest BCUT2D eigenvalue weighted by molar-refractivity contribution is 5.38. The first-order chi connectivity index (χ1) is 13.0. The average molecular weight is 378 g/mol. The number of hydrogen-bond acceptors (Lipinski definition) is 3. The second-order valence-corrected chi connectivity index (χ2v) is 6.67. The van der Waals surface area contributed by atoms with E-state index in [2.05, 4.69) is 10.2 Å². The Balaban J connectivity index is 1.98. The molecule has 27 heavy (non-hydrogen) atoms. The molecule has 146 valence electrons. The summed E-state index contributed by atoms with van der Waals surface area (Å²) < 4.78 is 44.5. The molecular weight excluding hydrogens is 353 g/mol. The minimum absolute atomic E-state index is 0.104. The maximum Gasteiger partial charge on any atom is 0.416 e. The highest BCUT2D eigenvalue weighted by Gasteiger charge is 2.31. The zero-order chi connectivity index (χ0) is 19.3. The van der Waals surface area contributed by atoms with Gasteiger partial charge in [0, 0.05) is 19.6 Å². The van der Waals surface area contributed by atoms with E-state index in [1.54, 1.807) is 12.1 Å². The van der Waals surface area contributed by atoms with E-state index >= 15 is 0 Å². The van der Waals surface area contributed by atoms with Gasteiger partial charge in [0.1, 0.15) is 5.75 Å². The summed E-state index contributed by atoms with van der Waals surface area (Å²) in [5, 5.41) is 3.38. The number of alkyl halides is 3. The fourth-order valence-electron chi connectivity index (χ4n) is 3.53. The van der Waals surface area contributed by atoms with Gasteiger partial charge in [0.05, 0.1) is 18.2 Å². The molecule has 0 amide bonds. The Kier molecular flexibility index (Phi) is 6.39. The number of nitrogens with zero attached hydrogens (tertiary/aromatic N) is 1. The van der Waals surface area contributed by atoms with Crippen molar-refractivity contribution in [2.24, 2.45) is 0 Å². The van der Waals surface area contributed by atoms with Crippen molar-refractivity contribution in [3.8, 4) is 5.75 Å². The van der Waals surface area contributed by atoms with Gasteiger partial charge >= 0.3 is 6.18 Å². The van der Waals surface area contributed by atoms with Crippen LogP contribution in [0.15, 0.2) is 48.5 Å². The predicted molar refractivity (Wildman–Crippen MR) is 100.0 cm³/mol. The van der Waals surface area contributed by atoms with Crippen LogP contribution in [-0.4, -0.2) is 37.7 Å². The first-order valence-electron chi connectivity index (χ1n) is 9.33. The van der Waals surface area contributed by atoms with Gasteiger partial charge in [-0.15, -0.1) is 0 Å². The molecule has 0 saturated carbocycles. The van der Waals surface area contributed by atoms with E-state index in [0.29, 0.717) is 6.61 Å². The quantitative estimate of drug-likeness (QED) is 0.830. The van der Waals surface area contributed by atoms with E-state index in [-0.39, 0.29) is 6.04 Å². The van der Waals surface area contributed by atoms with E-state index in [4.69, 9.17) is 4.74 Å². The second kappa shape index (κ2) is 8.76. The van der Waals surface area contributed by atoms with E-state index < -0.39 is 11.7 Å². The molecule has 1 aliphatic rings. The van der Waals surface area contributed by atoms with Crippen LogP contribution < -0.4 is 10.1 Å². The molecule has 1 N–H and O–H groups in total. The lowest BCUT2D eigenvalue weighted by Gasteiger charge is -2.31. The number of nitrogens with one attached hydrogen (secondary N) is 1. The molecule has 1 unspecified atom stereocenters. The summed E-state index contributed by atoms with van der Waals surface area (Å²) in [4.78, 5) is 2.33. The summed E-state index contributed by atoms with van der Waals surface area (Å²) in [6.45, 7) is 6.04. The number of benzene rings is 2. The fraction of sp³-hybridized carbons (Fsp3) is 0.429. The molecule has 1 fully saturated rings. The van der Waals surface area contributed by atoms with Crippen LogP contribution in [0.5, 0.6) is 5.75 Å². The largest absolute Gasteiger partial charge is 0.494 e. The lowest BCUT2D eigenvalue weighted by atomic mass is 9.95. The zero-order valence-corrected chi connectivity index (χ0v) is 15.4. The molecular formula is C21H25F3N2O. The van der Waals surface area contributed by atoms with Gasteiger partial charge in [-0.2, -0.15) is 13.2 Å². The van der Waals surface area contributed by atoms with Gasteiger partial charge in [-0.1, -0.05) is 24.3 Å². The fourth-order valence-corrected chi connectivity index (χ4v) is 3.53. The van der Waals surface area contributed by atoms with E-state index in [9.17, 15) is 13.2 Å². The van der Waals surface area contributed by atoms with Crippen LogP contribution in [0.2, 0.25) is 0 Å². The average Bonchev–Trinajstić information content (AvgIpc) is 2.92. The van der Waals surface area contributed by atoms with E-state index in [1.165, 1.54) is 12.1 Å². The van der Waals surface area contributed by atoms with Gasteiger partial charge in [-0.05, 0) is 55.3 Å². The summed E-state index contributed by atoms with van der Waals surface area (Å²) in [6, 6.07) is 13.3. The third-order valence-electron chi connectivity index (χ3n) is 4.78. The van der Waals surface area contributed by atoms with Crippen molar-refractivity contribution in [2.45, 2.75) is 25.6 Å². The van der Waals surface area contributed by atoms with Crippen molar-refractivity contribution in [1.29, 1.82) is 0 Å². The van der Waals surface area contributed by atoms with Crippen LogP contribution >= 0.6 is 0 Å². The Labute approximate surface area is 158 Å². The third-order valence-corrected chi connectivity index (χ3v) is 4.78. The lowest BCUT2D eigenvalue weighted by molar-refractivity contribution is -0.137. The molecule has 0 radical (unpaired) electrons. The lowest BCUT2D eigenvalue weighted by Crippen LogP contribution is -2.33. The summed E-state index contributed by atoms with van der Waals surface area (Å²) in [5.74, 6) is 0.778. The molecule has 0 bridgehead atoms. The van der Waals surface area contributed by atoms with Crippen LogP contribution in [0.3, 0.4) is 0 Å². The highest BCUT2D eigenvalue weighted by atomic mass is 19.4. The molecule has 3 nitrogen and oxygen atoms in total. The Morgan fingerprint density at radius 2 is 1.81 bits per heavy atom. The molecule has 1 atom stereocenters. The second-order valence-electron chi connectivity index (χ2n) is 6.67. The number of hydrogen-bond donors (Lipinski definition) is 1. The summed E-state index contributed by atoms with van der Waals surface area (Å²) in [6.07, 6.45) is -3.32. The number of rotatable bonds is 5. The Morgan fingerprint density at radius 3 is 2.52 bits per heavy atom. The van der Waals surface area contributed by atoms with Crippen molar-refractivity contribution in [3.05, 3.63) is 65.2 Å². The Morgan fingerprint density at radius 1 is 1.04 bits per heavy atom. The van der Waals surface area contributed by atoms with Crippen molar-refractivity contribution in [2.75, 3.05) is 32.8 Å². The van der Waals surface area contributed by atoms with E-state index in [0.717, 1.165) is 49.5 Å². The van der Waals surface area contributed by atoms with Crippen LogP contribution in [0.1, 0.15) is 36.1 Å². The van der Waals surface area contributed by atoms with Crippen LogP contribution in [-0.2, 0) is 6.18 Å². The maximum absolute atomic E-state index is 13.0. The molecule has 1 heterocycles. The zero-order valence-electron chi connectivity index (χ0n) is 15.4. The number of halogens is 3. The molecule has 2 aromatic carbocycles. The van der Waals surface area contributed by atoms with Gasteiger partial charge in [0.25, 0.3) is 0 Å². The van der Waals surface area contributed by atoms with E-state index in [1.807, 2.05) is 31.2 Å². The highest BCUT2D eigenvalue weighted by Crippen LogP contribution is 2.34. The SMILES string of the molecule is CCOc1cccc(C(c2ccc(C(F)(F)F)cc2)N2CCCNCC2)c1. The topological polar surface area (TPSA) is 24.5 Å². The van der Waals surface area contributed by atoms with Gasteiger partial charge in [-0.25, -0.2) is 0 Å². The molecule has 3 rings (SSSR count). The van der Waals surface area contributed by atoms with Gasteiger partial charge in [0.2, 0.25) is 0 Å². The minimum Gasteiger partial charge on any atom is -0.494 e. The standard InChI is InChI=1S/C21H25F3N2O/c1-2-27-19-6-3-5-17(15-19)20(26-13-4-11-25-12-14-26)16-7-9-18(10-8-16)21(22,23)24/h3,5-10,15,20,25H,2,4,11-14H2,1H3. The van der Waals surface area contributed by atoms with Gasteiger partial charge in [-0.3, -0.25) is 4.90 Å². The molecule has 0 aromatic heterocycles. The molecule has 0 spiro atoms. The van der Waals surface area contributed by atoms with Crippen molar-refractivity contribution in [1.82, 2.24) is 10.2 Å². The first kappa shape index (κ1) is 19.7. The predicted octanol–water partition coefficient (Wildman–Crippen LogP) is 4.49. The maximum atomic E-state index is 13.0. The Bertz CT molecular complexity index is 723. The van der Waals surface area contributed by atoms with Crippen LogP contribution in [0.25, 0.3) is 0 Å². The smallest absolute Gasteiger partial charge is 0.416 e. The van der Waals surface area contributed by atoms with Crippen molar-refractivity contribution >= 4 is 0 Å². The minimum atomic E-state index is -4.32. The van der Waals surface area contributed by atoms with Gasteiger partial charge in [0.15, 0.2) is 0 Å². The molecule has 0 aliphatic carbocycles. The van der Waals surface area contributed by atoms with Gasteiger partial charge < -0.3 is 10.1 Å². The Hall–Kier alpha value is -2.05. The summed E-state index contributed by atoms with van der Waals surface area (Å²) >= 11 is 0. The van der Waals surface area contributed by atoms with Crippen molar-refractivity contribution in [3.63, 3.8) is 0 Å². The van der Waals surface area contributed by atoms with Crippen LogP contribution in [0, 0.1) is 0 Å². The first-order valence-corrected chi connectivity index (χ1v) is 9.33. The monoisotopic (exact) mass is 378 g/mol. The summed E-state index contributed by atoms with van der Waals surface area (Å²) in [5.41, 5.74) is 1.27. The third kappa shape index (κ3) is 5.02. The van der Waals surface area contributed by atoms with Crippen molar-refractivity contribution < 1.29 is 17.9 Å². The molecule has 1 aliphatic heterocycles. The number of ether oxygens (including phenoxy) is 1. The molecule has 6 heteroatoms. The summed E-state index contributed by atoms with van der Waals surface area (Å²) in [7, 11) is 0.